The monoisotopic (exact) mass is 231 g/mol. The maximum absolute atomic E-state index is 6.00. The van der Waals surface area contributed by atoms with E-state index < -0.39 is 0 Å². The number of ether oxygens (including phenoxy) is 1. The van der Waals surface area contributed by atoms with Crippen molar-refractivity contribution in [3.05, 3.63) is 29.8 Å². The standard InChI is InChI=1S/C15H21NO/c1-2-9-16-10-5-8-15(16)11-13-6-3-4-7-14(13)17-12-15/h3-4,6-7H,2,5,8-12H2,1H3/t15-/m0/s1. The maximum atomic E-state index is 6.00. The van der Waals surface area contributed by atoms with E-state index in [0.717, 1.165) is 12.4 Å². The van der Waals surface area contributed by atoms with E-state index in [0.29, 0.717) is 5.54 Å². The van der Waals surface area contributed by atoms with Crippen LogP contribution in [-0.4, -0.2) is 30.1 Å². The van der Waals surface area contributed by atoms with Gasteiger partial charge in [0.2, 0.25) is 0 Å². The van der Waals surface area contributed by atoms with Gasteiger partial charge in [-0.2, -0.15) is 0 Å². The molecular weight excluding hydrogens is 210 g/mol. The second-order valence-electron chi connectivity index (χ2n) is 5.39. The van der Waals surface area contributed by atoms with E-state index in [4.69, 9.17) is 4.74 Å². The molecule has 0 unspecified atom stereocenters. The lowest BCUT2D eigenvalue weighted by molar-refractivity contribution is 0.0606. The molecule has 2 heteroatoms. The fourth-order valence-corrected chi connectivity index (χ4v) is 3.39. The number of hydrogen-bond acceptors (Lipinski definition) is 2. The average Bonchev–Trinajstić information content (AvgIpc) is 2.73. The number of likely N-dealkylation sites (tertiary alicyclic amines) is 1. The molecule has 1 spiro atoms. The van der Waals surface area contributed by atoms with Gasteiger partial charge in [-0.15, -0.1) is 0 Å². The summed E-state index contributed by atoms with van der Waals surface area (Å²) in [6.07, 6.45) is 5.03. The molecule has 1 aromatic rings. The van der Waals surface area contributed by atoms with Crippen LogP contribution < -0.4 is 4.74 Å². The molecule has 2 aliphatic heterocycles. The molecule has 0 aliphatic carbocycles. The Kier molecular flexibility index (Phi) is 2.83. The van der Waals surface area contributed by atoms with Gasteiger partial charge in [0, 0.05) is 0 Å². The van der Waals surface area contributed by atoms with Gasteiger partial charge in [-0.25, -0.2) is 0 Å². The molecule has 0 amide bonds. The van der Waals surface area contributed by atoms with Gasteiger partial charge >= 0.3 is 0 Å². The molecule has 17 heavy (non-hydrogen) atoms. The SMILES string of the molecule is CCCN1CCC[C@]12COc1ccccc1C2. The molecule has 2 aliphatic rings. The van der Waals surface area contributed by atoms with Gasteiger partial charge in [0.05, 0.1) is 5.54 Å². The summed E-state index contributed by atoms with van der Waals surface area (Å²) in [7, 11) is 0. The number of rotatable bonds is 2. The topological polar surface area (TPSA) is 12.5 Å². The highest BCUT2D eigenvalue weighted by atomic mass is 16.5. The first kappa shape index (κ1) is 11.1. The second-order valence-corrected chi connectivity index (χ2v) is 5.39. The highest BCUT2D eigenvalue weighted by Crippen LogP contribution is 2.39. The first-order chi connectivity index (χ1) is 8.34. The fraction of sp³-hybridized carbons (Fsp3) is 0.600. The van der Waals surface area contributed by atoms with Crippen LogP contribution in [-0.2, 0) is 6.42 Å². The van der Waals surface area contributed by atoms with E-state index in [-0.39, 0.29) is 0 Å². The average molecular weight is 231 g/mol. The Morgan fingerprint density at radius 2 is 2.24 bits per heavy atom. The Balaban J connectivity index is 1.86. The minimum Gasteiger partial charge on any atom is -0.491 e. The first-order valence-corrected chi connectivity index (χ1v) is 6.80. The van der Waals surface area contributed by atoms with Crippen molar-refractivity contribution in [3.63, 3.8) is 0 Å². The van der Waals surface area contributed by atoms with Crippen molar-refractivity contribution in [3.8, 4) is 5.75 Å². The highest BCUT2D eigenvalue weighted by molar-refractivity contribution is 5.37. The normalized spacial score (nSPS) is 28.1. The predicted octanol–water partition coefficient (Wildman–Crippen LogP) is 2.87. The Hall–Kier alpha value is -1.02. The quantitative estimate of drug-likeness (QED) is 0.776. The van der Waals surface area contributed by atoms with Gasteiger partial charge in [0.25, 0.3) is 0 Å². The minimum absolute atomic E-state index is 0.296. The van der Waals surface area contributed by atoms with Crippen molar-refractivity contribution in [1.82, 2.24) is 4.90 Å². The molecular formula is C15H21NO. The Bertz CT molecular complexity index is 404. The van der Waals surface area contributed by atoms with Crippen LogP contribution in [0, 0.1) is 0 Å². The van der Waals surface area contributed by atoms with Gasteiger partial charge in [0.1, 0.15) is 12.4 Å². The lowest BCUT2D eigenvalue weighted by atomic mass is 9.86. The van der Waals surface area contributed by atoms with Crippen molar-refractivity contribution in [1.29, 1.82) is 0 Å². The van der Waals surface area contributed by atoms with Crippen molar-refractivity contribution >= 4 is 0 Å². The van der Waals surface area contributed by atoms with Crippen LogP contribution in [0.25, 0.3) is 0 Å². The van der Waals surface area contributed by atoms with Gasteiger partial charge in [-0.3, -0.25) is 4.90 Å². The smallest absolute Gasteiger partial charge is 0.122 e. The molecule has 0 saturated carbocycles. The van der Waals surface area contributed by atoms with E-state index in [1.807, 2.05) is 0 Å². The Morgan fingerprint density at radius 1 is 1.35 bits per heavy atom. The molecule has 0 aromatic heterocycles. The minimum atomic E-state index is 0.296. The van der Waals surface area contributed by atoms with E-state index in [1.54, 1.807) is 0 Å². The molecule has 0 N–H and O–H groups in total. The number of fused-ring (bicyclic) bond motifs is 1. The highest BCUT2D eigenvalue weighted by Gasteiger charge is 2.43. The van der Waals surface area contributed by atoms with Crippen LogP contribution in [0.5, 0.6) is 5.75 Å². The van der Waals surface area contributed by atoms with Crippen LogP contribution >= 0.6 is 0 Å². The summed E-state index contributed by atoms with van der Waals surface area (Å²) in [5.41, 5.74) is 1.69. The van der Waals surface area contributed by atoms with E-state index in [1.165, 1.54) is 44.3 Å². The second kappa shape index (κ2) is 4.34. The number of hydrogen-bond donors (Lipinski definition) is 0. The van der Waals surface area contributed by atoms with Crippen molar-refractivity contribution < 1.29 is 4.74 Å². The maximum Gasteiger partial charge on any atom is 0.122 e. The zero-order valence-electron chi connectivity index (χ0n) is 10.6. The summed E-state index contributed by atoms with van der Waals surface area (Å²) in [6, 6.07) is 8.51. The van der Waals surface area contributed by atoms with Gasteiger partial charge < -0.3 is 4.74 Å². The molecule has 92 valence electrons. The molecule has 1 fully saturated rings. The Labute approximate surface area is 104 Å². The largest absolute Gasteiger partial charge is 0.491 e. The molecule has 1 saturated heterocycles. The summed E-state index contributed by atoms with van der Waals surface area (Å²) < 4.78 is 6.00. The van der Waals surface area contributed by atoms with E-state index >= 15 is 0 Å². The van der Waals surface area contributed by atoms with Gasteiger partial charge in [-0.1, -0.05) is 25.1 Å². The molecule has 1 atom stereocenters. The third-order valence-corrected chi connectivity index (χ3v) is 4.22. The van der Waals surface area contributed by atoms with Crippen LogP contribution in [0.1, 0.15) is 31.7 Å². The number of benzene rings is 1. The third-order valence-electron chi connectivity index (χ3n) is 4.22. The zero-order valence-corrected chi connectivity index (χ0v) is 10.6. The van der Waals surface area contributed by atoms with Crippen LogP contribution in [0.3, 0.4) is 0 Å². The van der Waals surface area contributed by atoms with Crippen LogP contribution in [0.15, 0.2) is 24.3 Å². The first-order valence-electron chi connectivity index (χ1n) is 6.80. The van der Waals surface area contributed by atoms with Gasteiger partial charge in [0.15, 0.2) is 0 Å². The van der Waals surface area contributed by atoms with Crippen LogP contribution in [0.2, 0.25) is 0 Å². The molecule has 3 rings (SSSR count). The summed E-state index contributed by atoms with van der Waals surface area (Å²) in [5, 5.41) is 0. The van der Waals surface area contributed by atoms with Gasteiger partial charge in [-0.05, 0) is 50.4 Å². The molecule has 0 radical (unpaired) electrons. The van der Waals surface area contributed by atoms with Crippen molar-refractivity contribution in [2.75, 3.05) is 19.7 Å². The molecule has 2 nitrogen and oxygen atoms in total. The Morgan fingerprint density at radius 3 is 3.12 bits per heavy atom. The molecule has 0 bridgehead atoms. The van der Waals surface area contributed by atoms with Crippen LogP contribution in [0.4, 0.5) is 0 Å². The number of nitrogens with zero attached hydrogens (tertiary/aromatic N) is 1. The lowest BCUT2D eigenvalue weighted by Gasteiger charge is -2.41. The zero-order chi connectivity index (χ0) is 11.7. The third kappa shape index (κ3) is 1.85. The predicted molar refractivity (Wildman–Crippen MR) is 69.5 cm³/mol. The van der Waals surface area contributed by atoms with E-state index in [2.05, 4.69) is 36.1 Å². The summed E-state index contributed by atoms with van der Waals surface area (Å²) in [5.74, 6) is 1.10. The fourth-order valence-electron chi connectivity index (χ4n) is 3.39. The summed E-state index contributed by atoms with van der Waals surface area (Å²) in [4.78, 5) is 2.66. The summed E-state index contributed by atoms with van der Waals surface area (Å²) in [6.45, 7) is 5.61. The molecule has 2 heterocycles. The summed E-state index contributed by atoms with van der Waals surface area (Å²) >= 11 is 0. The van der Waals surface area contributed by atoms with Crippen molar-refractivity contribution in [2.45, 2.75) is 38.1 Å². The molecule has 1 aromatic carbocycles. The number of para-hydroxylation sites is 1. The van der Waals surface area contributed by atoms with E-state index in [9.17, 15) is 0 Å². The lowest BCUT2D eigenvalue weighted by Crippen LogP contribution is -2.52. The van der Waals surface area contributed by atoms with Crippen molar-refractivity contribution in [2.24, 2.45) is 0 Å².